The van der Waals surface area contributed by atoms with Gasteiger partial charge in [-0.25, -0.2) is 12.7 Å². The highest BCUT2D eigenvalue weighted by atomic mass is 32.2. The number of amides is 3. The van der Waals surface area contributed by atoms with Gasteiger partial charge in [0.05, 0.1) is 5.56 Å². The summed E-state index contributed by atoms with van der Waals surface area (Å²) in [6, 6.07) is 12.9. The van der Waals surface area contributed by atoms with Gasteiger partial charge < -0.3 is 10.2 Å². The van der Waals surface area contributed by atoms with Crippen LogP contribution >= 0.6 is 0 Å². The first-order valence-electron chi connectivity index (χ1n) is 12.0. The minimum Gasteiger partial charge on any atom is -0.354 e. The van der Waals surface area contributed by atoms with Crippen molar-refractivity contribution in [2.75, 3.05) is 13.1 Å². The van der Waals surface area contributed by atoms with Crippen LogP contribution in [0, 0.1) is 6.92 Å². The summed E-state index contributed by atoms with van der Waals surface area (Å²) in [5.74, 6) is -1.26. The van der Waals surface area contributed by atoms with E-state index in [2.05, 4.69) is 5.32 Å². The van der Waals surface area contributed by atoms with Crippen molar-refractivity contribution in [2.24, 2.45) is 0 Å². The number of fused-ring (bicyclic) bond motifs is 1. The van der Waals surface area contributed by atoms with E-state index in [-0.39, 0.29) is 41.8 Å². The second kappa shape index (κ2) is 11.5. The molecule has 1 heterocycles. The predicted molar refractivity (Wildman–Crippen MR) is 133 cm³/mol. The summed E-state index contributed by atoms with van der Waals surface area (Å²) in [5, 5.41) is 2.91. The van der Waals surface area contributed by atoms with Crippen LogP contribution in [0.3, 0.4) is 0 Å². The Morgan fingerprint density at radius 2 is 1.74 bits per heavy atom. The number of hydrogen-bond donors (Lipinski definition) is 1. The first-order chi connectivity index (χ1) is 16.7. The Bertz CT molecular complexity index is 1190. The molecule has 0 aliphatic carbocycles. The molecular formula is C26H33N3O5S. The Labute approximate surface area is 207 Å². The molecule has 0 radical (unpaired) electrons. The number of carbonyl (C=O) groups is 3. The monoisotopic (exact) mass is 499 g/mol. The second-order valence-electron chi connectivity index (χ2n) is 8.65. The van der Waals surface area contributed by atoms with Crippen molar-refractivity contribution in [3.05, 3.63) is 65.2 Å². The van der Waals surface area contributed by atoms with Crippen molar-refractivity contribution in [2.45, 2.75) is 63.9 Å². The van der Waals surface area contributed by atoms with Gasteiger partial charge >= 0.3 is 0 Å². The SMILES string of the molecule is CCCCNC(=O)[C@@H](CC)N(Cc1ccccc1C)C(=O)CCN1C(=O)c2ccccc2S1(=O)=O. The van der Waals surface area contributed by atoms with E-state index < -0.39 is 22.0 Å². The number of benzene rings is 2. The fourth-order valence-corrected chi connectivity index (χ4v) is 5.76. The van der Waals surface area contributed by atoms with E-state index in [0.29, 0.717) is 13.0 Å². The lowest BCUT2D eigenvalue weighted by molar-refractivity contribution is -0.141. The molecule has 3 amide bonds. The highest BCUT2D eigenvalue weighted by Crippen LogP contribution is 2.30. The lowest BCUT2D eigenvalue weighted by Gasteiger charge is -2.31. The van der Waals surface area contributed by atoms with Gasteiger partial charge in [0.15, 0.2) is 0 Å². The van der Waals surface area contributed by atoms with Crippen LogP contribution in [0.15, 0.2) is 53.4 Å². The standard InChI is InChI=1S/C26H33N3O5S/c1-4-6-16-27-25(31)22(5-2)28(18-20-12-8-7-11-19(20)3)24(30)15-17-29-26(32)21-13-9-10-14-23(21)35(29,33)34/h7-14,22H,4-6,15-18H2,1-3H3,(H,27,31)/t22-/m1/s1. The van der Waals surface area contributed by atoms with Crippen molar-refractivity contribution < 1.29 is 22.8 Å². The largest absolute Gasteiger partial charge is 0.354 e. The molecule has 0 spiro atoms. The van der Waals surface area contributed by atoms with Gasteiger partial charge in [-0.1, -0.05) is 56.7 Å². The lowest BCUT2D eigenvalue weighted by Crippen LogP contribution is -2.50. The van der Waals surface area contributed by atoms with Crippen LogP contribution in [-0.4, -0.2) is 54.5 Å². The number of nitrogens with one attached hydrogen (secondary N) is 1. The molecule has 1 atom stereocenters. The van der Waals surface area contributed by atoms with E-state index >= 15 is 0 Å². The Morgan fingerprint density at radius 1 is 1.06 bits per heavy atom. The van der Waals surface area contributed by atoms with Gasteiger partial charge in [-0.3, -0.25) is 14.4 Å². The zero-order valence-corrected chi connectivity index (χ0v) is 21.3. The average molecular weight is 500 g/mol. The molecule has 3 rings (SSSR count). The number of unbranched alkanes of at least 4 members (excludes halogenated alkanes) is 1. The third kappa shape index (κ3) is 5.73. The zero-order valence-electron chi connectivity index (χ0n) is 20.5. The molecule has 0 saturated heterocycles. The summed E-state index contributed by atoms with van der Waals surface area (Å²) in [7, 11) is -4.01. The van der Waals surface area contributed by atoms with Crippen LogP contribution in [0.4, 0.5) is 0 Å². The third-order valence-corrected chi connectivity index (χ3v) is 8.10. The Kier molecular flexibility index (Phi) is 8.67. The van der Waals surface area contributed by atoms with E-state index in [9.17, 15) is 22.8 Å². The fraction of sp³-hybridized carbons (Fsp3) is 0.423. The number of aryl methyl sites for hydroxylation is 1. The lowest BCUT2D eigenvalue weighted by atomic mass is 10.1. The quantitative estimate of drug-likeness (QED) is 0.478. The molecule has 9 heteroatoms. The molecule has 0 aromatic heterocycles. The van der Waals surface area contributed by atoms with Gasteiger partial charge in [0.1, 0.15) is 10.9 Å². The van der Waals surface area contributed by atoms with Crippen LogP contribution in [0.5, 0.6) is 0 Å². The van der Waals surface area contributed by atoms with E-state index in [1.165, 1.54) is 17.0 Å². The van der Waals surface area contributed by atoms with Gasteiger partial charge in [-0.2, -0.15) is 0 Å². The molecule has 1 aliphatic heterocycles. The highest BCUT2D eigenvalue weighted by Gasteiger charge is 2.41. The van der Waals surface area contributed by atoms with Crippen LogP contribution < -0.4 is 5.32 Å². The second-order valence-corrected chi connectivity index (χ2v) is 10.5. The van der Waals surface area contributed by atoms with E-state index in [0.717, 1.165) is 28.3 Å². The summed E-state index contributed by atoms with van der Waals surface area (Å²) in [4.78, 5) is 40.6. The fourth-order valence-electron chi connectivity index (χ4n) is 4.19. The number of nitrogens with zero attached hydrogens (tertiary/aromatic N) is 2. The van der Waals surface area contributed by atoms with E-state index in [1.807, 2.05) is 45.0 Å². The van der Waals surface area contributed by atoms with E-state index in [1.54, 1.807) is 12.1 Å². The minimum absolute atomic E-state index is 0.0454. The molecule has 1 aliphatic rings. The molecule has 188 valence electrons. The minimum atomic E-state index is -4.01. The number of carbonyl (C=O) groups excluding carboxylic acids is 3. The van der Waals surface area contributed by atoms with Crippen molar-refractivity contribution in [3.63, 3.8) is 0 Å². The third-order valence-electron chi connectivity index (χ3n) is 6.26. The van der Waals surface area contributed by atoms with Gasteiger partial charge in [0.25, 0.3) is 15.9 Å². The first-order valence-corrected chi connectivity index (χ1v) is 13.4. The molecule has 0 bridgehead atoms. The Morgan fingerprint density at radius 3 is 2.40 bits per heavy atom. The maximum absolute atomic E-state index is 13.5. The van der Waals surface area contributed by atoms with Crippen LogP contribution in [0.1, 0.15) is 61.0 Å². The topological polar surface area (TPSA) is 104 Å². The summed E-state index contributed by atoms with van der Waals surface area (Å²) in [6.07, 6.45) is 1.96. The van der Waals surface area contributed by atoms with Crippen molar-refractivity contribution in [1.29, 1.82) is 0 Å². The Hall–Kier alpha value is -3.20. The summed E-state index contributed by atoms with van der Waals surface area (Å²) >= 11 is 0. The zero-order chi connectivity index (χ0) is 25.6. The smallest absolute Gasteiger partial charge is 0.269 e. The number of sulfonamides is 1. The van der Waals surface area contributed by atoms with Gasteiger partial charge in [-0.05, 0) is 43.0 Å². The molecule has 2 aromatic rings. The maximum Gasteiger partial charge on any atom is 0.269 e. The molecule has 0 unspecified atom stereocenters. The molecule has 2 aromatic carbocycles. The van der Waals surface area contributed by atoms with Crippen LogP contribution in [0.2, 0.25) is 0 Å². The molecular weight excluding hydrogens is 466 g/mol. The molecule has 1 N–H and O–H groups in total. The highest BCUT2D eigenvalue weighted by molar-refractivity contribution is 7.90. The summed E-state index contributed by atoms with van der Waals surface area (Å²) in [5.41, 5.74) is 2.00. The molecule has 8 nitrogen and oxygen atoms in total. The first kappa shape index (κ1) is 26.4. The van der Waals surface area contributed by atoms with Gasteiger partial charge in [0, 0.05) is 26.1 Å². The summed E-state index contributed by atoms with van der Waals surface area (Å²) in [6.45, 7) is 6.26. The average Bonchev–Trinajstić information content (AvgIpc) is 3.03. The van der Waals surface area contributed by atoms with Crippen LogP contribution in [0.25, 0.3) is 0 Å². The number of rotatable bonds is 11. The molecule has 35 heavy (non-hydrogen) atoms. The van der Waals surface area contributed by atoms with Crippen LogP contribution in [-0.2, 0) is 26.2 Å². The normalized spacial score (nSPS) is 14.9. The van der Waals surface area contributed by atoms with Crippen molar-refractivity contribution in [3.8, 4) is 0 Å². The van der Waals surface area contributed by atoms with E-state index in [4.69, 9.17) is 0 Å². The maximum atomic E-state index is 13.5. The number of hydrogen-bond acceptors (Lipinski definition) is 5. The van der Waals surface area contributed by atoms with Crippen molar-refractivity contribution in [1.82, 2.24) is 14.5 Å². The van der Waals surface area contributed by atoms with Gasteiger partial charge in [-0.15, -0.1) is 0 Å². The Balaban J connectivity index is 1.82. The van der Waals surface area contributed by atoms with Gasteiger partial charge in [0.2, 0.25) is 11.8 Å². The molecule has 0 saturated carbocycles. The predicted octanol–water partition coefficient (Wildman–Crippen LogP) is 3.25. The van der Waals surface area contributed by atoms with Crippen molar-refractivity contribution >= 4 is 27.7 Å². The summed E-state index contributed by atoms with van der Waals surface area (Å²) < 4.78 is 26.5. The molecule has 0 fully saturated rings.